The third-order valence-electron chi connectivity index (χ3n) is 3.74. The number of hydrogen-bond acceptors (Lipinski definition) is 3. The lowest BCUT2D eigenvalue weighted by molar-refractivity contribution is -0.0283. The molecular formula is C14H27N3. The summed E-state index contributed by atoms with van der Waals surface area (Å²) >= 11 is 0. The highest BCUT2D eigenvalue weighted by Crippen LogP contribution is 2.26. The van der Waals surface area contributed by atoms with Gasteiger partial charge in [-0.1, -0.05) is 0 Å². The van der Waals surface area contributed by atoms with Crippen LogP contribution in [0.4, 0.5) is 0 Å². The average Bonchev–Trinajstić information content (AvgIpc) is 2.18. The molecule has 98 valence electrons. The van der Waals surface area contributed by atoms with Crippen LogP contribution in [0.1, 0.15) is 48.0 Å². The van der Waals surface area contributed by atoms with Crippen molar-refractivity contribution >= 4 is 0 Å². The molecule has 0 amide bonds. The molecule has 3 nitrogen and oxygen atoms in total. The van der Waals surface area contributed by atoms with Crippen LogP contribution >= 0.6 is 0 Å². The van der Waals surface area contributed by atoms with E-state index < -0.39 is 0 Å². The molecule has 0 radical (unpaired) electrons. The molecule has 1 unspecified atom stereocenters. The third-order valence-corrected chi connectivity index (χ3v) is 3.74. The summed E-state index contributed by atoms with van der Waals surface area (Å²) in [6.45, 7) is 15.6. The highest BCUT2D eigenvalue weighted by molar-refractivity contribution is 4.96. The molecule has 0 aliphatic carbocycles. The van der Waals surface area contributed by atoms with E-state index in [1.807, 2.05) is 0 Å². The maximum Gasteiger partial charge on any atom is 0.0638 e. The molecule has 0 N–H and O–H groups in total. The molecule has 0 aromatic rings. The Morgan fingerprint density at radius 2 is 1.88 bits per heavy atom. The highest BCUT2D eigenvalue weighted by atomic mass is 15.3. The molecule has 1 aliphatic heterocycles. The normalized spacial score (nSPS) is 28.4. The summed E-state index contributed by atoms with van der Waals surface area (Å²) in [6, 6.07) is 3.86. The molecule has 1 fully saturated rings. The van der Waals surface area contributed by atoms with Gasteiger partial charge in [-0.15, -0.1) is 0 Å². The van der Waals surface area contributed by atoms with Gasteiger partial charge in [-0.3, -0.25) is 9.80 Å². The van der Waals surface area contributed by atoms with Crippen LogP contribution in [0.2, 0.25) is 0 Å². The number of nitrogens with zero attached hydrogens (tertiary/aromatic N) is 3. The van der Waals surface area contributed by atoms with Crippen molar-refractivity contribution in [1.82, 2.24) is 9.80 Å². The molecule has 0 saturated carbocycles. The minimum atomic E-state index is 0.152. The summed E-state index contributed by atoms with van der Waals surface area (Å²) in [5.41, 5.74) is 0.152. The minimum Gasteiger partial charge on any atom is -0.295 e. The summed E-state index contributed by atoms with van der Waals surface area (Å²) in [5, 5.41) is 9.00. The van der Waals surface area contributed by atoms with Gasteiger partial charge in [0.1, 0.15) is 0 Å². The summed E-state index contributed by atoms with van der Waals surface area (Å²) < 4.78 is 0. The van der Waals surface area contributed by atoms with Crippen molar-refractivity contribution < 1.29 is 0 Å². The first-order valence-corrected chi connectivity index (χ1v) is 6.66. The van der Waals surface area contributed by atoms with E-state index in [2.05, 4.69) is 57.4 Å². The molecular weight excluding hydrogens is 210 g/mol. The SMILES string of the molecule is CC(C)N1C[C@H](CC#N)N(C(C)(C)C)CC1C. The summed E-state index contributed by atoms with van der Waals surface area (Å²) in [4.78, 5) is 5.02. The molecule has 0 bridgehead atoms. The second-order valence-electron chi connectivity index (χ2n) is 6.48. The fraction of sp³-hybridized carbons (Fsp3) is 0.929. The van der Waals surface area contributed by atoms with E-state index in [0.717, 1.165) is 13.1 Å². The van der Waals surface area contributed by atoms with E-state index in [9.17, 15) is 0 Å². The molecule has 1 aliphatic rings. The molecule has 1 heterocycles. The molecule has 1 rings (SSSR count). The fourth-order valence-corrected chi connectivity index (χ4v) is 2.88. The Morgan fingerprint density at radius 3 is 2.29 bits per heavy atom. The maximum absolute atomic E-state index is 9.00. The average molecular weight is 237 g/mol. The van der Waals surface area contributed by atoms with Crippen molar-refractivity contribution in [3.05, 3.63) is 0 Å². The Morgan fingerprint density at radius 1 is 1.29 bits per heavy atom. The van der Waals surface area contributed by atoms with Crippen LogP contribution in [0, 0.1) is 11.3 Å². The highest BCUT2D eigenvalue weighted by Gasteiger charge is 2.37. The maximum atomic E-state index is 9.00. The first-order chi connectivity index (χ1) is 7.77. The number of piperazine rings is 1. The van der Waals surface area contributed by atoms with Crippen LogP contribution in [0.3, 0.4) is 0 Å². The Bertz CT molecular complexity index is 285. The van der Waals surface area contributed by atoms with Gasteiger partial charge in [0.15, 0.2) is 0 Å². The first kappa shape index (κ1) is 14.5. The van der Waals surface area contributed by atoms with Gasteiger partial charge < -0.3 is 0 Å². The van der Waals surface area contributed by atoms with Crippen molar-refractivity contribution in [2.45, 2.75) is 71.6 Å². The number of hydrogen-bond donors (Lipinski definition) is 0. The van der Waals surface area contributed by atoms with Gasteiger partial charge >= 0.3 is 0 Å². The van der Waals surface area contributed by atoms with E-state index in [1.54, 1.807) is 0 Å². The summed E-state index contributed by atoms with van der Waals surface area (Å²) in [5.74, 6) is 0. The molecule has 3 heteroatoms. The predicted molar refractivity (Wildman–Crippen MR) is 71.8 cm³/mol. The van der Waals surface area contributed by atoms with Crippen LogP contribution in [-0.2, 0) is 0 Å². The van der Waals surface area contributed by atoms with Crippen molar-refractivity contribution in [1.29, 1.82) is 5.26 Å². The summed E-state index contributed by atoms with van der Waals surface area (Å²) in [7, 11) is 0. The van der Waals surface area contributed by atoms with Gasteiger partial charge in [0.05, 0.1) is 12.5 Å². The topological polar surface area (TPSA) is 30.3 Å². The Hall–Kier alpha value is -0.590. The van der Waals surface area contributed by atoms with Crippen LogP contribution < -0.4 is 0 Å². The van der Waals surface area contributed by atoms with Crippen LogP contribution in [-0.4, -0.2) is 46.6 Å². The van der Waals surface area contributed by atoms with Gasteiger partial charge in [-0.25, -0.2) is 0 Å². The van der Waals surface area contributed by atoms with E-state index in [1.165, 1.54) is 0 Å². The van der Waals surface area contributed by atoms with Gasteiger partial charge in [-0.05, 0) is 41.5 Å². The van der Waals surface area contributed by atoms with E-state index in [4.69, 9.17) is 5.26 Å². The van der Waals surface area contributed by atoms with Gasteiger partial charge in [0, 0.05) is 36.8 Å². The predicted octanol–water partition coefficient (Wildman–Crippen LogP) is 2.48. The van der Waals surface area contributed by atoms with Crippen molar-refractivity contribution in [2.75, 3.05) is 13.1 Å². The largest absolute Gasteiger partial charge is 0.295 e. The zero-order valence-corrected chi connectivity index (χ0v) is 12.2. The smallest absolute Gasteiger partial charge is 0.0638 e. The lowest BCUT2D eigenvalue weighted by atomic mass is 9.95. The Balaban J connectivity index is 2.85. The summed E-state index contributed by atoms with van der Waals surface area (Å²) in [6.07, 6.45) is 0.632. The van der Waals surface area contributed by atoms with Crippen molar-refractivity contribution in [3.8, 4) is 6.07 Å². The third kappa shape index (κ3) is 3.43. The zero-order valence-electron chi connectivity index (χ0n) is 12.2. The quantitative estimate of drug-likeness (QED) is 0.739. The minimum absolute atomic E-state index is 0.152. The van der Waals surface area contributed by atoms with Crippen molar-refractivity contribution in [3.63, 3.8) is 0 Å². The van der Waals surface area contributed by atoms with Crippen LogP contribution in [0.15, 0.2) is 0 Å². The van der Waals surface area contributed by atoms with E-state index >= 15 is 0 Å². The van der Waals surface area contributed by atoms with Crippen molar-refractivity contribution in [2.24, 2.45) is 0 Å². The lowest BCUT2D eigenvalue weighted by Gasteiger charge is -2.51. The lowest BCUT2D eigenvalue weighted by Crippen LogP contribution is -2.63. The van der Waals surface area contributed by atoms with Gasteiger partial charge in [0.2, 0.25) is 0 Å². The van der Waals surface area contributed by atoms with Crippen LogP contribution in [0.5, 0.6) is 0 Å². The standard InChI is InChI=1S/C14H27N3/c1-11(2)16-10-13(7-8-15)17(9-12(16)3)14(4,5)6/h11-13H,7,9-10H2,1-6H3/t12?,13-/m0/s1. The number of rotatable bonds is 2. The zero-order chi connectivity index (χ0) is 13.2. The second-order valence-corrected chi connectivity index (χ2v) is 6.48. The molecule has 0 spiro atoms. The number of nitriles is 1. The van der Waals surface area contributed by atoms with E-state index in [0.29, 0.717) is 24.5 Å². The van der Waals surface area contributed by atoms with Crippen LogP contribution in [0.25, 0.3) is 0 Å². The molecule has 1 saturated heterocycles. The molecule has 0 aromatic heterocycles. The van der Waals surface area contributed by atoms with E-state index in [-0.39, 0.29) is 5.54 Å². The fourth-order valence-electron chi connectivity index (χ4n) is 2.88. The Labute approximate surface area is 106 Å². The molecule has 0 aromatic carbocycles. The molecule has 2 atom stereocenters. The van der Waals surface area contributed by atoms with Gasteiger partial charge in [-0.2, -0.15) is 5.26 Å². The monoisotopic (exact) mass is 237 g/mol. The Kier molecular flexibility index (Phi) is 4.57. The first-order valence-electron chi connectivity index (χ1n) is 6.66. The van der Waals surface area contributed by atoms with Gasteiger partial charge in [0.25, 0.3) is 0 Å². The second kappa shape index (κ2) is 5.37. The molecule has 17 heavy (non-hydrogen) atoms.